The first kappa shape index (κ1) is 9.42. The summed E-state index contributed by atoms with van der Waals surface area (Å²) in [5.41, 5.74) is 3.39. The van der Waals surface area contributed by atoms with Crippen LogP contribution in [0, 0.1) is 0 Å². The van der Waals surface area contributed by atoms with E-state index in [4.69, 9.17) is 5.84 Å². The first-order chi connectivity index (χ1) is 6.79. The quantitative estimate of drug-likeness (QED) is 0.567. The van der Waals surface area contributed by atoms with E-state index >= 15 is 0 Å². The number of anilines is 1. The smallest absolute Gasteiger partial charge is 0.222 e. The van der Waals surface area contributed by atoms with Crippen LogP contribution in [0.4, 0.5) is 5.13 Å². The van der Waals surface area contributed by atoms with Crippen molar-refractivity contribution in [2.75, 3.05) is 12.0 Å². The summed E-state index contributed by atoms with van der Waals surface area (Å²) >= 11 is 1.45. The number of nitrogen functional groups attached to an aromatic ring is 1. The van der Waals surface area contributed by atoms with Gasteiger partial charge in [0.25, 0.3) is 0 Å². The normalized spacial score (nSPS) is 16.4. The number of hydrogen-bond donors (Lipinski definition) is 2. The molecule has 0 unspecified atom stereocenters. The fourth-order valence-electron chi connectivity index (χ4n) is 1.51. The zero-order valence-electron chi connectivity index (χ0n) is 7.69. The van der Waals surface area contributed by atoms with Gasteiger partial charge in [0, 0.05) is 18.3 Å². The SMILES string of the molecule is NNc1nc(CN2CCCC2=O)cs1. The van der Waals surface area contributed by atoms with Crippen LogP contribution in [0.3, 0.4) is 0 Å². The molecule has 0 atom stereocenters. The number of nitrogens with one attached hydrogen (secondary N) is 1. The Hall–Kier alpha value is -1.14. The molecule has 1 fully saturated rings. The summed E-state index contributed by atoms with van der Waals surface area (Å²) in [5.74, 6) is 5.44. The molecule has 1 saturated heterocycles. The lowest BCUT2D eigenvalue weighted by Crippen LogP contribution is -2.24. The molecule has 1 aromatic rings. The molecule has 0 bridgehead atoms. The minimum atomic E-state index is 0.222. The Morgan fingerprint density at radius 2 is 2.57 bits per heavy atom. The average Bonchev–Trinajstić information content (AvgIpc) is 2.77. The Morgan fingerprint density at radius 3 is 3.14 bits per heavy atom. The van der Waals surface area contributed by atoms with Crippen molar-refractivity contribution in [1.29, 1.82) is 0 Å². The molecule has 6 heteroatoms. The number of carbonyl (C=O) groups excluding carboxylic acids is 1. The number of amides is 1. The molecule has 1 aromatic heterocycles. The number of rotatable bonds is 3. The zero-order valence-corrected chi connectivity index (χ0v) is 8.51. The van der Waals surface area contributed by atoms with E-state index in [1.807, 2.05) is 10.3 Å². The first-order valence-electron chi connectivity index (χ1n) is 4.48. The van der Waals surface area contributed by atoms with E-state index in [1.54, 1.807) is 0 Å². The van der Waals surface area contributed by atoms with Crippen LogP contribution in [0.2, 0.25) is 0 Å². The van der Waals surface area contributed by atoms with Gasteiger partial charge >= 0.3 is 0 Å². The molecule has 2 heterocycles. The molecule has 1 aliphatic rings. The summed E-state index contributed by atoms with van der Waals surface area (Å²) in [6.45, 7) is 1.46. The number of nitrogens with two attached hydrogens (primary N) is 1. The van der Waals surface area contributed by atoms with Crippen molar-refractivity contribution in [2.24, 2.45) is 5.84 Å². The van der Waals surface area contributed by atoms with Crippen LogP contribution in [0.15, 0.2) is 5.38 Å². The van der Waals surface area contributed by atoms with Gasteiger partial charge in [-0.05, 0) is 6.42 Å². The molecule has 1 amide bonds. The highest BCUT2D eigenvalue weighted by molar-refractivity contribution is 7.13. The lowest BCUT2D eigenvalue weighted by molar-refractivity contribution is -0.128. The number of likely N-dealkylation sites (tertiary alicyclic amines) is 1. The standard InChI is InChI=1S/C8H12N4OS/c9-11-8-10-6(5-14-8)4-12-3-1-2-7(12)13/h5H,1-4,9H2,(H,10,11). The Kier molecular flexibility index (Phi) is 2.64. The van der Waals surface area contributed by atoms with E-state index < -0.39 is 0 Å². The second-order valence-corrected chi connectivity index (χ2v) is 4.07. The van der Waals surface area contributed by atoms with Gasteiger partial charge in [0.15, 0.2) is 5.13 Å². The molecular formula is C8H12N4OS. The number of nitrogens with zero attached hydrogens (tertiary/aromatic N) is 2. The number of hydrazine groups is 1. The molecule has 5 nitrogen and oxygen atoms in total. The Bertz CT molecular complexity index is 338. The van der Waals surface area contributed by atoms with Crippen molar-refractivity contribution in [2.45, 2.75) is 19.4 Å². The molecule has 2 rings (SSSR count). The molecule has 0 saturated carbocycles. The lowest BCUT2D eigenvalue weighted by Gasteiger charge is -2.12. The maximum absolute atomic E-state index is 11.3. The van der Waals surface area contributed by atoms with Gasteiger partial charge in [-0.1, -0.05) is 0 Å². The minimum absolute atomic E-state index is 0.222. The zero-order chi connectivity index (χ0) is 9.97. The van der Waals surface area contributed by atoms with E-state index in [2.05, 4.69) is 10.4 Å². The highest BCUT2D eigenvalue weighted by Gasteiger charge is 2.20. The van der Waals surface area contributed by atoms with E-state index in [-0.39, 0.29) is 5.91 Å². The van der Waals surface area contributed by atoms with Gasteiger partial charge in [-0.15, -0.1) is 11.3 Å². The van der Waals surface area contributed by atoms with Gasteiger partial charge in [-0.3, -0.25) is 10.2 Å². The van der Waals surface area contributed by atoms with Gasteiger partial charge < -0.3 is 4.90 Å². The summed E-state index contributed by atoms with van der Waals surface area (Å²) in [6.07, 6.45) is 1.64. The van der Waals surface area contributed by atoms with Gasteiger partial charge in [0.2, 0.25) is 5.91 Å². The Balaban J connectivity index is 1.99. The highest BCUT2D eigenvalue weighted by Crippen LogP contribution is 2.18. The van der Waals surface area contributed by atoms with Crippen LogP contribution in [0.1, 0.15) is 18.5 Å². The number of thiazole rings is 1. The molecule has 0 radical (unpaired) electrons. The van der Waals surface area contributed by atoms with Crippen molar-refractivity contribution in [3.8, 4) is 0 Å². The van der Waals surface area contributed by atoms with Crippen molar-refractivity contribution >= 4 is 22.4 Å². The largest absolute Gasteiger partial charge is 0.337 e. The van der Waals surface area contributed by atoms with Gasteiger partial charge in [-0.2, -0.15) is 0 Å². The molecule has 0 aliphatic carbocycles. The van der Waals surface area contributed by atoms with E-state index in [0.29, 0.717) is 18.1 Å². The predicted octanol–water partition coefficient (Wildman–Crippen LogP) is 0.551. The van der Waals surface area contributed by atoms with Crippen molar-refractivity contribution in [3.05, 3.63) is 11.1 Å². The van der Waals surface area contributed by atoms with E-state index in [1.165, 1.54) is 11.3 Å². The van der Waals surface area contributed by atoms with Gasteiger partial charge in [0.1, 0.15) is 0 Å². The third kappa shape index (κ3) is 1.85. The molecule has 0 aromatic carbocycles. The number of hydrogen-bond acceptors (Lipinski definition) is 5. The molecule has 3 N–H and O–H groups in total. The number of carbonyl (C=O) groups is 1. The topological polar surface area (TPSA) is 71.2 Å². The Labute approximate surface area is 85.9 Å². The average molecular weight is 212 g/mol. The highest BCUT2D eigenvalue weighted by atomic mass is 32.1. The van der Waals surface area contributed by atoms with Crippen LogP contribution in [-0.2, 0) is 11.3 Å². The third-order valence-corrected chi connectivity index (χ3v) is 3.02. The molecule has 1 aliphatic heterocycles. The molecule has 76 valence electrons. The van der Waals surface area contributed by atoms with E-state index in [0.717, 1.165) is 18.7 Å². The summed E-state index contributed by atoms with van der Waals surface area (Å²) in [7, 11) is 0. The summed E-state index contributed by atoms with van der Waals surface area (Å²) in [6, 6.07) is 0. The fraction of sp³-hybridized carbons (Fsp3) is 0.500. The van der Waals surface area contributed by atoms with Crippen LogP contribution in [0.25, 0.3) is 0 Å². The lowest BCUT2D eigenvalue weighted by atomic mass is 10.4. The molecule has 14 heavy (non-hydrogen) atoms. The van der Waals surface area contributed by atoms with Crippen molar-refractivity contribution in [3.63, 3.8) is 0 Å². The third-order valence-electron chi connectivity index (χ3n) is 2.20. The maximum atomic E-state index is 11.3. The van der Waals surface area contributed by atoms with Crippen LogP contribution >= 0.6 is 11.3 Å². The first-order valence-corrected chi connectivity index (χ1v) is 5.36. The second kappa shape index (κ2) is 3.93. The van der Waals surface area contributed by atoms with Gasteiger partial charge in [-0.25, -0.2) is 10.8 Å². The second-order valence-electron chi connectivity index (χ2n) is 3.21. The Morgan fingerprint density at radius 1 is 1.71 bits per heavy atom. The van der Waals surface area contributed by atoms with E-state index in [9.17, 15) is 4.79 Å². The van der Waals surface area contributed by atoms with Crippen LogP contribution < -0.4 is 11.3 Å². The van der Waals surface area contributed by atoms with Crippen LogP contribution in [0.5, 0.6) is 0 Å². The maximum Gasteiger partial charge on any atom is 0.222 e. The monoisotopic (exact) mass is 212 g/mol. The van der Waals surface area contributed by atoms with Crippen molar-refractivity contribution < 1.29 is 4.79 Å². The molecule has 0 spiro atoms. The summed E-state index contributed by atoms with van der Waals surface area (Å²) in [5, 5.41) is 2.60. The predicted molar refractivity (Wildman–Crippen MR) is 54.6 cm³/mol. The fourth-order valence-corrected chi connectivity index (χ4v) is 2.13. The van der Waals surface area contributed by atoms with Crippen molar-refractivity contribution in [1.82, 2.24) is 9.88 Å². The van der Waals surface area contributed by atoms with Gasteiger partial charge in [0.05, 0.1) is 12.2 Å². The summed E-state index contributed by atoms with van der Waals surface area (Å²) < 4.78 is 0. The molecular weight excluding hydrogens is 200 g/mol. The minimum Gasteiger partial charge on any atom is -0.337 e. The van der Waals surface area contributed by atoms with Crippen LogP contribution in [-0.4, -0.2) is 22.3 Å². The summed E-state index contributed by atoms with van der Waals surface area (Å²) in [4.78, 5) is 17.4. The number of aromatic nitrogens is 1.